The van der Waals surface area contributed by atoms with Crippen LogP contribution in [0.4, 0.5) is 17.6 Å². The fourth-order valence-electron chi connectivity index (χ4n) is 2.03. The highest BCUT2D eigenvalue weighted by Gasteiger charge is 2.35. The zero-order valence-electron chi connectivity index (χ0n) is 10.7. The molecule has 8 heteroatoms. The lowest BCUT2D eigenvalue weighted by Gasteiger charge is -2.08. The molecular weight excluding hydrogens is 290 g/mol. The third-order valence-electron chi connectivity index (χ3n) is 3.39. The molecule has 1 aliphatic rings. The van der Waals surface area contributed by atoms with Gasteiger partial charge in [0.25, 0.3) is 5.89 Å². The molecule has 0 amide bonds. The zero-order chi connectivity index (χ0) is 15.2. The monoisotopic (exact) mass is 301 g/mol. The molecule has 0 saturated heterocycles. The lowest BCUT2D eigenvalue weighted by molar-refractivity contribution is -0.139. The number of hydrogen-bond donors (Lipinski definition) is 1. The van der Waals surface area contributed by atoms with Gasteiger partial charge in [0, 0.05) is 5.56 Å². The molecule has 1 aliphatic carbocycles. The molecule has 3 rings (SSSR count). The van der Waals surface area contributed by atoms with E-state index in [2.05, 4.69) is 10.1 Å². The van der Waals surface area contributed by atoms with Crippen molar-refractivity contribution >= 4 is 0 Å². The Balaban J connectivity index is 1.93. The van der Waals surface area contributed by atoms with Gasteiger partial charge in [0.05, 0.1) is 11.6 Å². The Kier molecular flexibility index (Phi) is 3.20. The topological polar surface area (TPSA) is 64.9 Å². The van der Waals surface area contributed by atoms with Crippen LogP contribution >= 0.6 is 0 Å². The second-order valence-corrected chi connectivity index (χ2v) is 5.01. The summed E-state index contributed by atoms with van der Waals surface area (Å²) >= 11 is 0. The molecule has 1 saturated carbocycles. The fraction of sp³-hybridized carbons (Fsp3) is 0.385. The van der Waals surface area contributed by atoms with Crippen molar-refractivity contribution in [3.05, 3.63) is 35.4 Å². The zero-order valence-corrected chi connectivity index (χ0v) is 10.7. The number of nitrogens with zero attached hydrogens (tertiary/aromatic N) is 2. The summed E-state index contributed by atoms with van der Waals surface area (Å²) in [5, 5.41) is 3.68. The predicted molar refractivity (Wildman–Crippen MR) is 64.3 cm³/mol. The van der Waals surface area contributed by atoms with Gasteiger partial charge >= 0.3 is 6.18 Å². The van der Waals surface area contributed by atoms with E-state index in [1.54, 1.807) is 0 Å². The van der Waals surface area contributed by atoms with Crippen LogP contribution in [0.3, 0.4) is 0 Å². The van der Waals surface area contributed by atoms with E-state index in [1.807, 2.05) is 0 Å². The first-order chi connectivity index (χ1) is 9.86. The van der Waals surface area contributed by atoms with Crippen molar-refractivity contribution in [1.82, 2.24) is 10.1 Å². The predicted octanol–water partition coefficient (Wildman–Crippen LogP) is 3.30. The maximum Gasteiger partial charge on any atom is 0.419 e. The Bertz CT molecular complexity index is 664. The molecule has 4 nitrogen and oxygen atoms in total. The summed E-state index contributed by atoms with van der Waals surface area (Å²) in [4.78, 5) is 4.00. The van der Waals surface area contributed by atoms with Gasteiger partial charge in [-0.05, 0) is 37.0 Å². The minimum absolute atomic E-state index is 0.00507. The molecule has 1 unspecified atom stereocenters. The van der Waals surface area contributed by atoms with Crippen LogP contribution < -0.4 is 5.73 Å². The van der Waals surface area contributed by atoms with Crippen molar-refractivity contribution in [1.29, 1.82) is 0 Å². The standard InChI is InChI=1S/C13H11F4N3O/c14-9-4-3-7(5-8(9)13(15,16)17)12-19-11(20-21-12)10(18)6-1-2-6/h3-6,10H,1-2,18H2. The van der Waals surface area contributed by atoms with Gasteiger partial charge in [0.15, 0.2) is 5.82 Å². The average Bonchev–Trinajstić information content (AvgIpc) is 3.15. The maximum absolute atomic E-state index is 13.2. The Morgan fingerprint density at radius 2 is 2.00 bits per heavy atom. The van der Waals surface area contributed by atoms with Crippen molar-refractivity contribution in [2.75, 3.05) is 0 Å². The van der Waals surface area contributed by atoms with E-state index in [0.29, 0.717) is 6.07 Å². The van der Waals surface area contributed by atoms with Gasteiger partial charge < -0.3 is 10.3 Å². The first-order valence-electron chi connectivity index (χ1n) is 6.32. The lowest BCUT2D eigenvalue weighted by atomic mass is 10.1. The normalized spacial score (nSPS) is 17.0. The van der Waals surface area contributed by atoms with Gasteiger partial charge in [-0.2, -0.15) is 18.2 Å². The Morgan fingerprint density at radius 3 is 2.62 bits per heavy atom. The smallest absolute Gasteiger partial charge is 0.334 e. The fourth-order valence-corrected chi connectivity index (χ4v) is 2.03. The lowest BCUT2D eigenvalue weighted by Crippen LogP contribution is -2.13. The molecule has 2 aromatic rings. The van der Waals surface area contributed by atoms with Crippen LogP contribution in [0, 0.1) is 11.7 Å². The van der Waals surface area contributed by atoms with Crippen LogP contribution in [0.1, 0.15) is 30.3 Å². The van der Waals surface area contributed by atoms with Gasteiger partial charge in [0.1, 0.15) is 5.82 Å². The summed E-state index contributed by atoms with van der Waals surface area (Å²) in [6, 6.07) is 2.15. The quantitative estimate of drug-likeness (QED) is 0.883. The number of halogens is 4. The second-order valence-electron chi connectivity index (χ2n) is 5.01. The van der Waals surface area contributed by atoms with Gasteiger partial charge in [-0.1, -0.05) is 5.16 Å². The Morgan fingerprint density at radius 1 is 1.29 bits per heavy atom. The number of rotatable bonds is 3. The molecule has 0 radical (unpaired) electrons. The minimum atomic E-state index is -4.78. The summed E-state index contributed by atoms with van der Waals surface area (Å²) in [6.07, 6.45) is -2.84. The van der Waals surface area contributed by atoms with Gasteiger partial charge in [-0.3, -0.25) is 0 Å². The summed E-state index contributed by atoms with van der Waals surface area (Å²) in [5.41, 5.74) is 4.53. The second kappa shape index (κ2) is 4.80. The molecule has 0 aliphatic heterocycles. The largest absolute Gasteiger partial charge is 0.419 e. The number of aromatic nitrogens is 2. The number of alkyl halides is 3. The molecule has 1 fully saturated rings. The van der Waals surface area contributed by atoms with Crippen LogP contribution in [-0.4, -0.2) is 10.1 Å². The molecule has 1 aromatic heterocycles. The van der Waals surface area contributed by atoms with Crippen molar-refractivity contribution in [2.24, 2.45) is 11.7 Å². The molecule has 2 N–H and O–H groups in total. The van der Waals surface area contributed by atoms with Gasteiger partial charge in [-0.25, -0.2) is 4.39 Å². The van der Waals surface area contributed by atoms with Crippen LogP contribution in [0.25, 0.3) is 11.5 Å². The molecule has 1 heterocycles. The Hall–Kier alpha value is -1.96. The first kappa shape index (κ1) is 14.0. The van der Waals surface area contributed by atoms with E-state index in [0.717, 1.165) is 25.0 Å². The van der Waals surface area contributed by atoms with E-state index in [1.165, 1.54) is 0 Å². The van der Waals surface area contributed by atoms with Crippen molar-refractivity contribution < 1.29 is 22.1 Å². The van der Waals surface area contributed by atoms with Crippen molar-refractivity contribution in [3.8, 4) is 11.5 Å². The summed E-state index contributed by atoms with van der Waals surface area (Å²) in [6.45, 7) is 0. The summed E-state index contributed by atoms with van der Waals surface area (Å²) < 4.78 is 56.1. The van der Waals surface area contributed by atoms with Gasteiger partial charge in [0.2, 0.25) is 0 Å². The van der Waals surface area contributed by atoms with E-state index < -0.39 is 17.6 Å². The Labute approximate surface area is 116 Å². The molecule has 1 aromatic carbocycles. The van der Waals surface area contributed by atoms with Crippen molar-refractivity contribution in [2.45, 2.75) is 25.1 Å². The van der Waals surface area contributed by atoms with Crippen LogP contribution in [0.5, 0.6) is 0 Å². The van der Waals surface area contributed by atoms with Crippen LogP contribution in [0.15, 0.2) is 22.7 Å². The highest BCUT2D eigenvalue weighted by atomic mass is 19.4. The SMILES string of the molecule is NC(c1noc(-c2ccc(F)c(C(F)(F)F)c2)n1)C1CC1. The van der Waals surface area contributed by atoms with E-state index in [-0.39, 0.29) is 29.2 Å². The molecule has 1 atom stereocenters. The molecule has 112 valence electrons. The third-order valence-corrected chi connectivity index (χ3v) is 3.39. The number of nitrogens with two attached hydrogens (primary N) is 1. The van der Waals surface area contributed by atoms with Crippen molar-refractivity contribution in [3.63, 3.8) is 0 Å². The minimum Gasteiger partial charge on any atom is -0.334 e. The number of hydrogen-bond acceptors (Lipinski definition) is 4. The average molecular weight is 301 g/mol. The van der Waals surface area contributed by atoms with E-state index in [9.17, 15) is 17.6 Å². The molecule has 0 bridgehead atoms. The van der Waals surface area contributed by atoms with Gasteiger partial charge in [-0.15, -0.1) is 0 Å². The molecule has 21 heavy (non-hydrogen) atoms. The van der Waals surface area contributed by atoms with Crippen LogP contribution in [-0.2, 0) is 6.18 Å². The maximum atomic E-state index is 13.2. The number of benzene rings is 1. The third kappa shape index (κ3) is 2.76. The molecular formula is C13H11F4N3O. The highest BCUT2D eigenvalue weighted by molar-refractivity contribution is 5.54. The van der Waals surface area contributed by atoms with Crippen LogP contribution in [0.2, 0.25) is 0 Å². The van der Waals surface area contributed by atoms with E-state index in [4.69, 9.17) is 10.3 Å². The molecule has 0 spiro atoms. The first-order valence-corrected chi connectivity index (χ1v) is 6.32. The summed E-state index contributed by atoms with van der Waals surface area (Å²) in [5.74, 6) is -0.910. The summed E-state index contributed by atoms with van der Waals surface area (Å²) in [7, 11) is 0. The van der Waals surface area contributed by atoms with E-state index >= 15 is 0 Å². The highest BCUT2D eigenvalue weighted by Crippen LogP contribution is 2.39.